The van der Waals surface area contributed by atoms with Crippen molar-refractivity contribution >= 4 is 17.7 Å². The van der Waals surface area contributed by atoms with Crippen molar-refractivity contribution in [1.29, 1.82) is 0 Å². The van der Waals surface area contributed by atoms with E-state index in [9.17, 15) is 14.4 Å². The van der Waals surface area contributed by atoms with Gasteiger partial charge in [0.2, 0.25) is 5.91 Å². The van der Waals surface area contributed by atoms with E-state index in [2.05, 4.69) is 17.3 Å². The first-order valence-electron chi connectivity index (χ1n) is 11.3. The molecule has 0 radical (unpaired) electrons. The zero-order valence-corrected chi connectivity index (χ0v) is 18.3. The summed E-state index contributed by atoms with van der Waals surface area (Å²) < 4.78 is 1.54. The smallest absolute Gasteiger partial charge is 0.274 e. The molecule has 0 spiro atoms. The second-order valence-corrected chi connectivity index (χ2v) is 9.49. The molecular formula is C22H33N5O3. The number of likely N-dealkylation sites (tertiary alicyclic amines) is 1. The molecule has 0 bridgehead atoms. The molecule has 1 saturated carbocycles. The molecule has 1 atom stereocenters. The third-order valence-corrected chi connectivity index (χ3v) is 7.22. The van der Waals surface area contributed by atoms with E-state index in [1.54, 1.807) is 24.7 Å². The van der Waals surface area contributed by atoms with Gasteiger partial charge >= 0.3 is 0 Å². The minimum atomic E-state index is -1.03. The van der Waals surface area contributed by atoms with Gasteiger partial charge in [0.1, 0.15) is 11.2 Å². The predicted molar refractivity (Wildman–Crippen MR) is 112 cm³/mol. The number of carbonyl (C=O) groups excluding carboxylic acids is 3. The van der Waals surface area contributed by atoms with E-state index >= 15 is 0 Å². The largest absolute Gasteiger partial charge is 0.351 e. The first kappa shape index (κ1) is 20.9. The summed E-state index contributed by atoms with van der Waals surface area (Å²) in [6, 6.07) is 1.75. The van der Waals surface area contributed by atoms with E-state index in [-0.39, 0.29) is 30.3 Å². The average molecular weight is 416 g/mol. The fraction of sp³-hybridized carbons (Fsp3) is 0.727. The van der Waals surface area contributed by atoms with Crippen molar-refractivity contribution in [3.05, 3.63) is 17.5 Å². The Balaban J connectivity index is 1.52. The molecule has 164 valence electrons. The van der Waals surface area contributed by atoms with Crippen molar-refractivity contribution in [2.24, 2.45) is 5.92 Å². The van der Waals surface area contributed by atoms with Crippen molar-refractivity contribution in [2.45, 2.75) is 76.9 Å². The van der Waals surface area contributed by atoms with Gasteiger partial charge in [0.05, 0.1) is 6.54 Å². The van der Waals surface area contributed by atoms with Gasteiger partial charge in [-0.15, -0.1) is 0 Å². The summed E-state index contributed by atoms with van der Waals surface area (Å²) in [5.41, 5.74) is -0.374. The average Bonchev–Trinajstić information content (AvgIpc) is 3.16. The second kappa shape index (κ2) is 8.04. The van der Waals surface area contributed by atoms with Crippen LogP contribution in [0.2, 0.25) is 0 Å². The minimum Gasteiger partial charge on any atom is -0.351 e. The van der Waals surface area contributed by atoms with E-state index in [1.165, 1.54) is 11.3 Å². The summed E-state index contributed by atoms with van der Waals surface area (Å²) in [5.74, 6) is 0.0705. The first-order valence-corrected chi connectivity index (χ1v) is 11.3. The van der Waals surface area contributed by atoms with Gasteiger partial charge in [0.25, 0.3) is 11.8 Å². The predicted octanol–water partition coefficient (Wildman–Crippen LogP) is 2.05. The topological polar surface area (TPSA) is 87.5 Å². The number of hydrogen-bond acceptors (Lipinski definition) is 4. The monoisotopic (exact) mass is 415 g/mol. The second-order valence-electron chi connectivity index (χ2n) is 9.49. The van der Waals surface area contributed by atoms with Gasteiger partial charge in [-0.05, 0) is 38.5 Å². The van der Waals surface area contributed by atoms with Gasteiger partial charge in [0.15, 0.2) is 5.69 Å². The molecule has 1 aliphatic carbocycles. The SMILES string of the molecule is CC1CCN(C(=O)c2cc3n(n2)CC(C)(C(=O)NC2CCCCC2)N(C)C3=O)CC1. The van der Waals surface area contributed by atoms with E-state index in [4.69, 9.17) is 0 Å². The van der Waals surface area contributed by atoms with Crippen molar-refractivity contribution in [2.75, 3.05) is 20.1 Å². The number of likely N-dealkylation sites (N-methyl/N-ethyl adjacent to an activating group) is 1. The van der Waals surface area contributed by atoms with E-state index < -0.39 is 5.54 Å². The molecule has 1 N–H and O–H groups in total. The highest BCUT2D eigenvalue weighted by molar-refractivity contribution is 6.01. The molecule has 2 aliphatic heterocycles. The van der Waals surface area contributed by atoms with Crippen molar-refractivity contribution in [1.82, 2.24) is 24.9 Å². The van der Waals surface area contributed by atoms with Crippen molar-refractivity contribution in [3.8, 4) is 0 Å². The van der Waals surface area contributed by atoms with Gasteiger partial charge in [-0.2, -0.15) is 5.10 Å². The zero-order valence-electron chi connectivity index (χ0n) is 18.3. The fourth-order valence-corrected chi connectivity index (χ4v) is 4.79. The lowest BCUT2D eigenvalue weighted by Crippen LogP contribution is -2.63. The Kier molecular flexibility index (Phi) is 5.59. The highest BCUT2D eigenvalue weighted by Gasteiger charge is 2.47. The third kappa shape index (κ3) is 3.72. The molecular weight excluding hydrogens is 382 g/mol. The Bertz CT molecular complexity index is 836. The molecule has 8 nitrogen and oxygen atoms in total. The van der Waals surface area contributed by atoms with Crippen LogP contribution in [-0.2, 0) is 11.3 Å². The molecule has 8 heteroatoms. The van der Waals surface area contributed by atoms with Crippen LogP contribution in [0.25, 0.3) is 0 Å². The van der Waals surface area contributed by atoms with Gasteiger partial charge in [-0.3, -0.25) is 19.1 Å². The fourth-order valence-electron chi connectivity index (χ4n) is 4.79. The maximum Gasteiger partial charge on any atom is 0.274 e. The molecule has 1 unspecified atom stereocenters. The lowest BCUT2D eigenvalue weighted by molar-refractivity contribution is -0.133. The highest BCUT2D eigenvalue weighted by atomic mass is 16.2. The van der Waals surface area contributed by atoms with Crippen LogP contribution in [0.1, 0.15) is 79.8 Å². The number of amides is 3. The van der Waals surface area contributed by atoms with Crippen molar-refractivity contribution in [3.63, 3.8) is 0 Å². The number of hydrogen-bond donors (Lipinski definition) is 1. The van der Waals surface area contributed by atoms with Gasteiger partial charge < -0.3 is 15.1 Å². The van der Waals surface area contributed by atoms with E-state index in [0.717, 1.165) is 51.6 Å². The molecule has 1 aromatic rings. The van der Waals surface area contributed by atoms with Crippen LogP contribution in [0.4, 0.5) is 0 Å². The van der Waals surface area contributed by atoms with E-state index in [0.29, 0.717) is 17.3 Å². The molecule has 3 amide bonds. The molecule has 3 aliphatic rings. The van der Waals surface area contributed by atoms with Crippen molar-refractivity contribution < 1.29 is 14.4 Å². The standard InChI is InChI=1S/C22H33N5O3/c1-15-9-11-26(12-10-15)19(28)17-13-18-20(29)25(3)22(2,14-27(18)24-17)21(30)23-16-7-5-4-6-8-16/h13,15-16H,4-12,14H2,1-3H3,(H,23,30). The Morgan fingerprint density at radius 1 is 1.13 bits per heavy atom. The Hall–Kier alpha value is -2.38. The number of carbonyl (C=O) groups is 3. The third-order valence-electron chi connectivity index (χ3n) is 7.22. The molecule has 1 aromatic heterocycles. The lowest BCUT2D eigenvalue weighted by atomic mass is 9.92. The zero-order chi connectivity index (χ0) is 21.5. The molecule has 4 rings (SSSR count). The van der Waals surface area contributed by atoms with Crippen LogP contribution in [0, 0.1) is 5.92 Å². The lowest BCUT2D eigenvalue weighted by Gasteiger charge is -2.41. The summed E-state index contributed by atoms with van der Waals surface area (Å²) >= 11 is 0. The minimum absolute atomic E-state index is 0.132. The number of fused-ring (bicyclic) bond motifs is 1. The number of aromatic nitrogens is 2. The summed E-state index contributed by atoms with van der Waals surface area (Å²) in [5, 5.41) is 7.60. The quantitative estimate of drug-likeness (QED) is 0.818. The van der Waals surface area contributed by atoms with Gasteiger partial charge in [0, 0.05) is 32.2 Å². The Labute approximate surface area is 178 Å². The van der Waals surface area contributed by atoms with Crippen LogP contribution >= 0.6 is 0 Å². The van der Waals surface area contributed by atoms with Crippen LogP contribution in [0.15, 0.2) is 6.07 Å². The van der Waals surface area contributed by atoms with Crippen LogP contribution in [0.5, 0.6) is 0 Å². The molecule has 0 aromatic carbocycles. The summed E-state index contributed by atoms with van der Waals surface area (Å²) in [4.78, 5) is 42.4. The Morgan fingerprint density at radius 2 is 1.80 bits per heavy atom. The highest BCUT2D eigenvalue weighted by Crippen LogP contribution is 2.28. The maximum atomic E-state index is 13.2. The van der Waals surface area contributed by atoms with Crippen LogP contribution in [0.3, 0.4) is 0 Å². The molecule has 30 heavy (non-hydrogen) atoms. The Morgan fingerprint density at radius 3 is 2.47 bits per heavy atom. The van der Waals surface area contributed by atoms with Crippen LogP contribution in [-0.4, -0.2) is 69.0 Å². The summed E-state index contributed by atoms with van der Waals surface area (Å²) in [7, 11) is 1.66. The number of rotatable bonds is 3. The van der Waals surface area contributed by atoms with E-state index in [1.807, 2.05) is 4.90 Å². The number of piperidine rings is 1. The molecule has 2 fully saturated rings. The normalized spacial score (nSPS) is 25.9. The molecule has 3 heterocycles. The van der Waals surface area contributed by atoms with Gasteiger partial charge in [-0.1, -0.05) is 26.2 Å². The van der Waals surface area contributed by atoms with Crippen LogP contribution < -0.4 is 5.32 Å². The number of nitrogens with one attached hydrogen (secondary N) is 1. The summed E-state index contributed by atoms with van der Waals surface area (Å²) in [6.07, 6.45) is 7.41. The maximum absolute atomic E-state index is 13.2. The first-order chi connectivity index (χ1) is 14.3. The molecule has 1 saturated heterocycles. The summed E-state index contributed by atoms with van der Waals surface area (Å²) in [6.45, 7) is 5.66. The number of nitrogens with zero attached hydrogens (tertiary/aromatic N) is 4. The van der Waals surface area contributed by atoms with Gasteiger partial charge in [-0.25, -0.2) is 0 Å².